The fraction of sp³-hybridized carbons (Fsp3) is 0.150. The van der Waals surface area contributed by atoms with Crippen molar-refractivity contribution in [2.24, 2.45) is 0 Å². The van der Waals surface area contributed by atoms with Crippen LogP contribution in [0, 0.1) is 5.82 Å². The van der Waals surface area contributed by atoms with Gasteiger partial charge in [-0.15, -0.1) is 22.0 Å². The van der Waals surface area contributed by atoms with Gasteiger partial charge >= 0.3 is 0 Å². The molecule has 4 rings (SSSR count). The Morgan fingerprint density at radius 2 is 1.93 bits per heavy atom. The second-order valence-electron chi connectivity index (χ2n) is 5.99. The molecule has 0 saturated heterocycles. The quantitative estimate of drug-likeness (QED) is 0.254. The van der Waals surface area contributed by atoms with Crippen molar-refractivity contribution in [1.82, 2.24) is 15.2 Å². The van der Waals surface area contributed by atoms with E-state index in [4.69, 9.17) is 20.8 Å². The molecule has 2 aromatic heterocycles. The smallest absolute Gasteiger partial charge is 0.277 e. The highest BCUT2D eigenvalue weighted by Gasteiger charge is 2.11. The monoisotopic (exact) mass is 447 g/mol. The molecule has 0 radical (unpaired) electrons. The Morgan fingerprint density at radius 3 is 2.72 bits per heavy atom. The van der Waals surface area contributed by atoms with Crippen LogP contribution in [0.1, 0.15) is 11.5 Å². The van der Waals surface area contributed by atoms with Gasteiger partial charge in [0, 0.05) is 21.6 Å². The summed E-state index contributed by atoms with van der Waals surface area (Å²) in [5, 5.41) is 9.88. The minimum Gasteiger partial charge on any atom is -0.484 e. The zero-order chi connectivity index (χ0) is 20.2. The first-order valence-corrected chi connectivity index (χ1v) is 11.2. The van der Waals surface area contributed by atoms with E-state index in [0.29, 0.717) is 27.8 Å². The van der Waals surface area contributed by atoms with Crippen LogP contribution in [0.15, 0.2) is 63.1 Å². The predicted molar refractivity (Wildman–Crippen MR) is 113 cm³/mol. The molecule has 29 heavy (non-hydrogen) atoms. The number of thioether (sulfide) groups is 2. The van der Waals surface area contributed by atoms with Crippen molar-refractivity contribution in [2.75, 3.05) is 6.26 Å². The highest BCUT2D eigenvalue weighted by Crippen LogP contribution is 2.29. The summed E-state index contributed by atoms with van der Waals surface area (Å²) in [7, 11) is 0. The topological polar surface area (TPSA) is 61.0 Å². The Morgan fingerprint density at radius 1 is 1.10 bits per heavy atom. The van der Waals surface area contributed by atoms with Crippen LogP contribution in [0.2, 0.25) is 5.15 Å². The molecular weight excluding hydrogens is 433 g/mol. The lowest BCUT2D eigenvalue weighted by Crippen LogP contribution is -1.95. The summed E-state index contributed by atoms with van der Waals surface area (Å²) < 4.78 is 24.0. The molecule has 0 unspecified atom stereocenters. The second kappa shape index (κ2) is 9.02. The van der Waals surface area contributed by atoms with Crippen molar-refractivity contribution in [1.29, 1.82) is 0 Å². The van der Waals surface area contributed by atoms with E-state index in [1.54, 1.807) is 11.8 Å². The van der Waals surface area contributed by atoms with Crippen LogP contribution in [-0.4, -0.2) is 21.4 Å². The van der Waals surface area contributed by atoms with Gasteiger partial charge in [0.25, 0.3) is 11.1 Å². The van der Waals surface area contributed by atoms with Crippen LogP contribution in [0.4, 0.5) is 4.39 Å². The summed E-state index contributed by atoms with van der Waals surface area (Å²) in [6.07, 6.45) is 2.02. The van der Waals surface area contributed by atoms with Gasteiger partial charge in [0.1, 0.15) is 16.7 Å². The van der Waals surface area contributed by atoms with Gasteiger partial charge in [0.05, 0.1) is 5.52 Å². The molecule has 0 saturated carbocycles. The lowest BCUT2D eigenvalue weighted by molar-refractivity contribution is 0.252. The van der Waals surface area contributed by atoms with Crippen LogP contribution < -0.4 is 4.74 Å². The molecule has 0 spiro atoms. The van der Waals surface area contributed by atoms with Crippen LogP contribution in [-0.2, 0) is 12.4 Å². The molecule has 0 N–H and O–H groups in total. The molecule has 0 aliphatic rings. The predicted octanol–water partition coefficient (Wildman–Crippen LogP) is 6.00. The average Bonchev–Trinajstić information content (AvgIpc) is 3.19. The van der Waals surface area contributed by atoms with Gasteiger partial charge in [-0.2, -0.15) is 0 Å². The molecule has 0 bridgehead atoms. The molecule has 0 aliphatic carbocycles. The van der Waals surface area contributed by atoms with Gasteiger partial charge in [-0.05, 0) is 48.7 Å². The summed E-state index contributed by atoms with van der Waals surface area (Å²) in [6.45, 7) is 0.106. The lowest BCUT2D eigenvalue weighted by atomic mass is 10.2. The molecule has 148 valence electrons. The first kappa shape index (κ1) is 20.0. The van der Waals surface area contributed by atoms with E-state index in [9.17, 15) is 4.39 Å². The molecule has 0 fully saturated rings. The number of hydrogen-bond acceptors (Lipinski definition) is 7. The first-order chi connectivity index (χ1) is 14.1. The van der Waals surface area contributed by atoms with E-state index in [1.165, 1.54) is 36.0 Å². The Hall–Kier alpha value is -2.29. The van der Waals surface area contributed by atoms with Crippen molar-refractivity contribution in [3.63, 3.8) is 0 Å². The van der Waals surface area contributed by atoms with E-state index in [0.717, 1.165) is 21.4 Å². The molecule has 5 nitrogen and oxygen atoms in total. The second-order valence-corrected chi connectivity index (χ2v) is 8.15. The summed E-state index contributed by atoms with van der Waals surface area (Å²) in [6, 6.07) is 13.9. The zero-order valence-electron chi connectivity index (χ0n) is 15.3. The molecule has 2 aromatic carbocycles. The Labute approximate surface area is 180 Å². The van der Waals surface area contributed by atoms with Gasteiger partial charge < -0.3 is 9.15 Å². The lowest BCUT2D eigenvalue weighted by Gasteiger charge is -2.06. The standard InChI is InChI=1S/C20H15ClFN3O2S2/c1-28-16-7-2-12-8-13(19(21)23-17(12)9-16)11-29-20-25-24-18(27-20)10-26-15-5-3-14(22)4-6-15/h2-9H,10-11H2,1H3. The maximum atomic E-state index is 12.9. The minimum atomic E-state index is -0.319. The SMILES string of the molecule is CSc1ccc2cc(CSc3nnc(COc4ccc(F)cc4)o3)c(Cl)nc2c1. The van der Waals surface area contributed by atoms with Gasteiger partial charge in [-0.3, -0.25) is 0 Å². The van der Waals surface area contributed by atoms with Gasteiger partial charge in [0.15, 0.2) is 6.61 Å². The van der Waals surface area contributed by atoms with E-state index < -0.39 is 0 Å². The summed E-state index contributed by atoms with van der Waals surface area (Å²) in [4.78, 5) is 5.64. The van der Waals surface area contributed by atoms with Gasteiger partial charge in [-0.25, -0.2) is 9.37 Å². The number of ether oxygens (including phenoxy) is 1. The maximum absolute atomic E-state index is 12.9. The highest BCUT2D eigenvalue weighted by atomic mass is 35.5. The zero-order valence-corrected chi connectivity index (χ0v) is 17.7. The maximum Gasteiger partial charge on any atom is 0.277 e. The summed E-state index contributed by atoms with van der Waals surface area (Å²) >= 11 is 9.39. The van der Waals surface area contributed by atoms with E-state index >= 15 is 0 Å². The molecular formula is C20H15ClFN3O2S2. The molecule has 0 amide bonds. The number of aromatic nitrogens is 3. The largest absolute Gasteiger partial charge is 0.484 e. The van der Waals surface area contributed by atoms with E-state index in [1.807, 2.05) is 24.5 Å². The number of fused-ring (bicyclic) bond motifs is 1. The van der Waals surface area contributed by atoms with Crippen LogP contribution in [0.3, 0.4) is 0 Å². The van der Waals surface area contributed by atoms with Crippen molar-refractivity contribution in [2.45, 2.75) is 22.5 Å². The molecule has 2 heterocycles. The van der Waals surface area contributed by atoms with E-state index in [2.05, 4.69) is 21.2 Å². The molecule has 0 atom stereocenters. The van der Waals surface area contributed by atoms with Crippen molar-refractivity contribution < 1.29 is 13.5 Å². The number of nitrogens with zero attached hydrogens (tertiary/aromatic N) is 3. The van der Waals surface area contributed by atoms with Crippen LogP contribution in [0.5, 0.6) is 5.75 Å². The number of hydrogen-bond donors (Lipinski definition) is 0. The first-order valence-electron chi connectivity index (χ1n) is 8.57. The third-order valence-corrected chi connectivity index (χ3v) is 5.95. The van der Waals surface area contributed by atoms with Crippen molar-refractivity contribution in [3.05, 3.63) is 71.0 Å². The third-order valence-electron chi connectivity index (χ3n) is 4.03. The van der Waals surface area contributed by atoms with Crippen molar-refractivity contribution >= 4 is 46.0 Å². The molecule has 9 heteroatoms. The minimum absolute atomic E-state index is 0.106. The molecule has 0 aliphatic heterocycles. The summed E-state index contributed by atoms with van der Waals surface area (Å²) in [5.41, 5.74) is 1.76. The number of benzene rings is 2. The van der Waals surface area contributed by atoms with Gasteiger partial charge in [-0.1, -0.05) is 29.4 Å². The normalized spacial score (nSPS) is 11.1. The number of pyridine rings is 1. The van der Waals surface area contributed by atoms with Gasteiger partial charge in [0.2, 0.25) is 0 Å². The third kappa shape index (κ3) is 5.01. The van der Waals surface area contributed by atoms with E-state index in [-0.39, 0.29) is 12.4 Å². The number of rotatable bonds is 7. The summed E-state index contributed by atoms with van der Waals surface area (Å²) in [5.74, 6) is 1.09. The fourth-order valence-electron chi connectivity index (χ4n) is 2.57. The molecule has 4 aromatic rings. The Balaban J connectivity index is 1.39. The van der Waals surface area contributed by atoms with Crippen molar-refractivity contribution in [3.8, 4) is 5.75 Å². The highest BCUT2D eigenvalue weighted by molar-refractivity contribution is 7.98. The Bertz CT molecular complexity index is 1140. The Kier molecular flexibility index (Phi) is 6.22. The fourth-order valence-corrected chi connectivity index (χ4v) is 4.04. The average molecular weight is 448 g/mol. The number of halogens is 2. The van der Waals surface area contributed by atoms with Crippen LogP contribution in [0.25, 0.3) is 10.9 Å². The van der Waals surface area contributed by atoms with Crippen LogP contribution >= 0.6 is 35.1 Å².